The standard InChI is InChI=1S/C19H21NO4/c1-23-16-5-6-17-15(11-16)3-2-9-19(17,22)13-20-18(21)7-4-14-8-10-24-12-14/h4-8,10-12,22H,2-3,9,13H2,1H3,(H,20,21)/b7-4+/t19-/m0/s1. The lowest BCUT2D eigenvalue weighted by Gasteiger charge is -2.34. The molecular weight excluding hydrogens is 306 g/mol. The minimum absolute atomic E-state index is 0.181. The smallest absolute Gasteiger partial charge is 0.244 e. The second-order valence-electron chi connectivity index (χ2n) is 6.02. The molecule has 0 unspecified atom stereocenters. The van der Waals surface area contributed by atoms with Gasteiger partial charge in [0, 0.05) is 11.6 Å². The molecule has 126 valence electrons. The number of fused-ring (bicyclic) bond motifs is 1. The number of amides is 1. The molecule has 0 fully saturated rings. The minimum Gasteiger partial charge on any atom is -0.497 e. The van der Waals surface area contributed by atoms with Crippen LogP contribution in [0.3, 0.4) is 0 Å². The second kappa shape index (κ2) is 6.93. The van der Waals surface area contributed by atoms with Crippen molar-refractivity contribution in [1.29, 1.82) is 0 Å². The molecule has 5 heteroatoms. The number of carbonyl (C=O) groups excluding carboxylic acids is 1. The molecule has 0 aliphatic heterocycles. The number of methoxy groups -OCH3 is 1. The fourth-order valence-electron chi connectivity index (χ4n) is 3.08. The molecule has 1 aromatic heterocycles. The van der Waals surface area contributed by atoms with Gasteiger partial charge in [0.05, 0.1) is 26.2 Å². The van der Waals surface area contributed by atoms with Crippen molar-refractivity contribution in [2.24, 2.45) is 0 Å². The van der Waals surface area contributed by atoms with Gasteiger partial charge in [0.2, 0.25) is 5.91 Å². The average molecular weight is 327 g/mol. The van der Waals surface area contributed by atoms with Crippen LogP contribution < -0.4 is 10.1 Å². The Kier molecular flexibility index (Phi) is 4.71. The molecule has 1 aromatic carbocycles. The number of hydrogen-bond acceptors (Lipinski definition) is 4. The van der Waals surface area contributed by atoms with Crippen LogP contribution in [0.1, 0.15) is 29.5 Å². The number of hydrogen-bond donors (Lipinski definition) is 2. The van der Waals surface area contributed by atoms with Crippen LogP contribution in [0, 0.1) is 0 Å². The Morgan fingerprint density at radius 1 is 1.46 bits per heavy atom. The van der Waals surface area contributed by atoms with E-state index in [9.17, 15) is 9.90 Å². The number of rotatable bonds is 5. The monoisotopic (exact) mass is 327 g/mol. The van der Waals surface area contributed by atoms with Crippen LogP contribution in [0.2, 0.25) is 0 Å². The van der Waals surface area contributed by atoms with Crippen molar-refractivity contribution in [2.75, 3.05) is 13.7 Å². The van der Waals surface area contributed by atoms with E-state index in [1.807, 2.05) is 18.2 Å². The minimum atomic E-state index is -1.04. The molecule has 3 rings (SSSR count). The van der Waals surface area contributed by atoms with Crippen molar-refractivity contribution in [3.05, 3.63) is 59.6 Å². The first-order valence-electron chi connectivity index (χ1n) is 7.99. The zero-order valence-corrected chi connectivity index (χ0v) is 13.6. The Labute approximate surface area is 140 Å². The van der Waals surface area contributed by atoms with Gasteiger partial charge in [-0.1, -0.05) is 6.07 Å². The van der Waals surface area contributed by atoms with Crippen molar-refractivity contribution < 1.29 is 19.1 Å². The molecule has 0 saturated heterocycles. The van der Waals surface area contributed by atoms with Crippen LogP contribution in [-0.4, -0.2) is 24.7 Å². The summed E-state index contributed by atoms with van der Waals surface area (Å²) >= 11 is 0. The summed E-state index contributed by atoms with van der Waals surface area (Å²) < 4.78 is 10.2. The first kappa shape index (κ1) is 16.3. The van der Waals surface area contributed by atoms with E-state index in [-0.39, 0.29) is 12.5 Å². The first-order valence-corrected chi connectivity index (χ1v) is 7.99. The molecule has 1 heterocycles. The van der Waals surface area contributed by atoms with Gasteiger partial charge in [-0.15, -0.1) is 0 Å². The molecule has 1 atom stereocenters. The highest BCUT2D eigenvalue weighted by molar-refractivity contribution is 5.91. The molecule has 2 N–H and O–H groups in total. The summed E-state index contributed by atoms with van der Waals surface area (Å²) in [5, 5.41) is 13.8. The molecular formula is C19H21NO4. The molecule has 1 aliphatic rings. The summed E-state index contributed by atoms with van der Waals surface area (Å²) in [6.07, 6.45) is 8.61. The van der Waals surface area contributed by atoms with E-state index >= 15 is 0 Å². The SMILES string of the molecule is COc1ccc2c(c1)CCC[C@]2(O)CNC(=O)/C=C/c1ccoc1. The number of aliphatic hydroxyl groups is 1. The quantitative estimate of drug-likeness (QED) is 0.828. The van der Waals surface area contributed by atoms with E-state index in [0.29, 0.717) is 6.42 Å². The van der Waals surface area contributed by atoms with Gasteiger partial charge >= 0.3 is 0 Å². The van der Waals surface area contributed by atoms with Crippen LogP contribution in [0.5, 0.6) is 5.75 Å². The highest BCUT2D eigenvalue weighted by Gasteiger charge is 2.34. The largest absolute Gasteiger partial charge is 0.497 e. The molecule has 1 aliphatic carbocycles. The normalized spacial score (nSPS) is 19.9. The third-order valence-electron chi connectivity index (χ3n) is 4.38. The maximum Gasteiger partial charge on any atom is 0.244 e. The van der Waals surface area contributed by atoms with E-state index in [0.717, 1.165) is 35.3 Å². The summed E-state index contributed by atoms with van der Waals surface area (Å²) in [6, 6.07) is 7.46. The van der Waals surface area contributed by atoms with E-state index in [4.69, 9.17) is 9.15 Å². The maximum absolute atomic E-state index is 12.0. The lowest BCUT2D eigenvalue weighted by atomic mass is 9.79. The third kappa shape index (κ3) is 3.51. The van der Waals surface area contributed by atoms with Gasteiger partial charge in [-0.3, -0.25) is 4.79 Å². The van der Waals surface area contributed by atoms with Gasteiger partial charge in [0.15, 0.2) is 0 Å². The lowest BCUT2D eigenvalue weighted by Crippen LogP contribution is -2.42. The Balaban J connectivity index is 1.68. The van der Waals surface area contributed by atoms with E-state index in [1.54, 1.807) is 31.8 Å². The first-order chi connectivity index (χ1) is 11.6. The Bertz CT molecular complexity index is 736. The van der Waals surface area contributed by atoms with Gasteiger partial charge in [0.25, 0.3) is 0 Å². The molecule has 2 aromatic rings. The van der Waals surface area contributed by atoms with E-state index < -0.39 is 5.60 Å². The van der Waals surface area contributed by atoms with E-state index in [2.05, 4.69) is 5.32 Å². The van der Waals surface area contributed by atoms with Crippen molar-refractivity contribution in [3.8, 4) is 5.75 Å². The fourth-order valence-corrected chi connectivity index (χ4v) is 3.08. The van der Waals surface area contributed by atoms with Gasteiger partial charge in [-0.25, -0.2) is 0 Å². The highest BCUT2D eigenvalue weighted by atomic mass is 16.5. The Morgan fingerprint density at radius 3 is 3.08 bits per heavy atom. The number of carbonyl (C=O) groups is 1. The molecule has 0 bridgehead atoms. The number of furan rings is 1. The summed E-state index contributed by atoms with van der Waals surface area (Å²) in [4.78, 5) is 12.0. The van der Waals surface area contributed by atoms with Crippen LogP contribution in [0.4, 0.5) is 0 Å². The molecule has 5 nitrogen and oxygen atoms in total. The van der Waals surface area contributed by atoms with Crippen LogP contribution >= 0.6 is 0 Å². The van der Waals surface area contributed by atoms with Crippen LogP contribution in [0.15, 0.2) is 47.3 Å². The second-order valence-corrected chi connectivity index (χ2v) is 6.02. The zero-order chi connectivity index (χ0) is 17.0. The number of ether oxygens (including phenoxy) is 1. The number of aryl methyl sites for hydroxylation is 1. The van der Waals surface area contributed by atoms with Crippen molar-refractivity contribution in [1.82, 2.24) is 5.32 Å². The molecule has 0 spiro atoms. The average Bonchev–Trinajstić information content (AvgIpc) is 3.11. The zero-order valence-electron chi connectivity index (χ0n) is 13.6. The molecule has 24 heavy (non-hydrogen) atoms. The van der Waals surface area contributed by atoms with Crippen LogP contribution in [0.25, 0.3) is 6.08 Å². The lowest BCUT2D eigenvalue weighted by molar-refractivity contribution is -0.118. The predicted octanol–water partition coefficient (Wildman–Crippen LogP) is 2.64. The molecule has 1 amide bonds. The topological polar surface area (TPSA) is 71.7 Å². The van der Waals surface area contributed by atoms with Crippen molar-refractivity contribution in [2.45, 2.75) is 24.9 Å². The number of nitrogens with one attached hydrogen (secondary N) is 1. The van der Waals surface area contributed by atoms with Gasteiger partial charge in [-0.2, -0.15) is 0 Å². The van der Waals surface area contributed by atoms with Crippen LogP contribution in [-0.2, 0) is 16.8 Å². The van der Waals surface area contributed by atoms with Crippen molar-refractivity contribution in [3.63, 3.8) is 0 Å². The fraction of sp³-hybridized carbons (Fsp3) is 0.316. The maximum atomic E-state index is 12.0. The molecule has 0 radical (unpaired) electrons. The Hall–Kier alpha value is -2.53. The van der Waals surface area contributed by atoms with Crippen molar-refractivity contribution >= 4 is 12.0 Å². The predicted molar refractivity (Wildman–Crippen MR) is 90.6 cm³/mol. The summed E-state index contributed by atoms with van der Waals surface area (Å²) in [6.45, 7) is 0.181. The van der Waals surface area contributed by atoms with Gasteiger partial charge in [-0.05, 0) is 54.7 Å². The Morgan fingerprint density at radius 2 is 2.33 bits per heavy atom. The van der Waals surface area contributed by atoms with E-state index in [1.165, 1.54) is 6.08 Å². The third-order valence-corrected chi connectivity index (χ3v) is 4.38. The summed E-state index contributed by atoms with van der Waals surface area (Å²) in [5.41, 5.74) is 1.72. The van der Waals surface area contributed by atoms with Gasteiger partial charge < -0.3 is 19.6 Å². The van der Waals surface area contributed by atoms with Gasteiger partial charge in [0.1, 0.15) is 11.4 Å². The summed E-state index contributed by atoms with van der Waals surface area (Å²) in [5.74, 6) is 0.537. The molecule has 0 saturated carbocycles. The summed E-state index contributed by atoms with van der Waals surface area (Å²) in [7, 11) is 1.63. The number of benzene rings is 1. The highest BCUT2D eigenvalue weighted by Crippen LogP contribution is 2.36.